The molecular weight excluding hydrogens is 420 g/mol. The van der Waals surface area contributed by atoms with Gasteiger partial charge < -0.3 is 21.7 Å². The zero-order valence-corrected chi connectivity index (χ0v) is 20.5. The lowest BCUT2D eigenvalue weighted by atomic mass is 10.0. The summed E-state index contributed by atoms with van der Waals surface area (Å²) in [6.07, 6.45) is 7.22. The third-order valence-corrected chi connectivity index (χ3v) is 5.95. The number of rotatable bonds is 8. The highest BCUT2D eigenvalue weighted by molar-refractivity contribution is 5.75. The maximum Gasteiger partial charge on any atom is 0.174 e. The standard InChI is InChI=1S/C28H34N6/c1-6-20-15-14-18(2)25(16-20)34-27-26(32-23-12-7-8-13-24(23)33-27)31-22-11-9-10-21(17-22)30-19(3)28(4,5)29/h9-17,30H,3,6-8,29H2,1-2,4-5H3,(H,31,32)(H,33,34). The summed E-state index contributed by atoms with van der Waals surface area (Å²) in [5.41, 5.74) is 11.7. The average Bonchev–Trinajstić information content (AvgIpc) is 2.80. The van der Waals surface area contributed by atoms with Gasteiger partial charge in [-0.15, -0.1) is 0 Å². The third kappa shape index (κ3) is 5.46. The molecule has 6 heteroatoms. The first-order valence-electron chi connectivity index (χ1n) is 11.8. The highest BCUT2D eigenvalue weighted by Crippen LogP contribution is 2.27. The Morgan fingerprint density at radius 3 is 2.26 bits per heavy atom. The van der Waals surface area contributed by atoms with E-state index in [2.05, 4.69) is 66.7 Å². The summed E-state index contributed by atoms with van der Waals surface area (Å²) in [7, 11) is 0. The fourth-order valence-corrected chi connectivity index (χ4v) is 3.67. The normalized spacial score (nSPS) is 12.7. The molecule has 0 spiro atoms. The lowest BCUT2D eigenvalue weighted by molar-refractivity contribution is 0.617. The summed E-state index contributed by atoms with van der Waals surface area (Å²) in [5, 5.41) is 12.1. The molecule has 0 saturated heterocycles. The molecule has 0 atom stereocenters. The van der Waals surface area contributed by atoms with Crippen molar-refractivity contribution in [2.24, 2.45) is 5.73 Å². The topological polar surface area (TPSA) is 87.9 Å². The third-order valence-electron chi connectivity index (χ3n) is 5.95. The Morgan fingerprint density at radius 1 is 0.971 bits per heavy atom. The van der Waals surface area contributed by atoms with Crippen molar-refractivity contribution in [1.29, 1.82) is 0 Å². The Morgan fingerprint density at radius 2 is 1.62 bits per heavy atom. The number of nitrogens with zero attached hydrogens (tertiary/aromatic N) is 2. The molecular formula is C28H34N6. The van der Waals surface area contributed by atoms with Gasteiger partial charge in [-0.25, -0.2) is 9.97 Å². The van der Waals surface area contributed by atoms with Gasteiger partial charge in [0.2, 0.25) is 0 Å². The number of hydrogen-bond acceptors (Lipinski definition) is 6. The maximum absolute atomic E-state index is 6.17. The maximum atomic E-state index is 6.17. The first-order valence-corrected chi connectivity index (χ1v) is 11.8. The van der Waals surface area contributed by atoms with Crippen LogP contribution in [0.4, 0.5) is 28.7 Å². The molecule has 2 aromatic carbocycles. The minimum atomic E-state index is -0.526. The number of nitrogens with one attached hydrogen (secondary N) is 3. The molecule has 4 rings (SSSR count). The summed E-state index contributed by atoms with van der Waals surface area (Å²) in [6.45, 7) is 12.2. The van der Waals surface area contributed by atoms with Gasteiger partial charge in [0.05, 0.1) is 10.7 Å². The molecule has 5 N–H and O–H groups in total. The summed E-state index contributed by atoms with van der Waals surface area (Å²) in [4.78, 5) is 9.86. The van der Waals surface area contributed by atoms with Crippen molar-refractivity contribution in [2.45, 2.75) is 52.5 Å². The second kappa shape index (κ2) is 9.69. The molecule has 3 aromatic rings. The molecule has 176 valence electrons. The van der Waals surface area contributed by atoms with Crippen LogP contribution < -0.4 is 32.4 Å². The Balaban J connectivity index is 1.70. The quantitative estimate of drug-likeness (QED) is 0.389. The van der Waals surface area contributed by atoms with Gasteiger partial charge in [0.15, 0.2) is 11.6 Å². The second-order valence-corrected chi connectivity index (χ2v) is 9.34. The number of benzene rings is 2. The minimum absolute atomic E-state index is 0.526. The highest BCUT2D eigenvalue weighted by Gasteiger charge is 2.16. The van der Waals surface area contributed by atoms with Gasteiger partial charge in [-0.1, -0.05) is 43.9 Å². The van der Waals surface area contributed by atoms with Gasteiger partial charge in [0.25, 0.3) is 0 Å². The van der Waals surface area contributed by atoms with Crippen LogP contribution in [-0.2, 0) is 6.42 Å². The summed E-state index contributed by atoms with van der Waals surface area (Å²) in [6, 6.07) is 14.5. The van der Waals surface area contributed by atoms with E-state index in [4.69, 9.17) is 15.7 Å². The molecule has 34 heavy (non-hydrogen) atoms. The van der Waals surface area contributed by atoms with Crippen molar-refractivity contribution in [1.82, 2.24) is 9.97 Å². The van der Waals surface area contributed by atoms with Crippen LogP contribution in [0.1, 0.15) is 44.7 Å². The average molecular weight is 455 g/mol. The zero-order valence-electron chi connectivity index (χ0n) is 20.5. The molecule has 0 bridgehead atoms. The summed E-state index contributed by atoms with van der Waals surface area (Å²) >= 11 is 0. The number of aromatic nitrogens is 2. The molecule has 0 unspecified atom stereocenters. The first kappa shape index (κ1) is 23.5. The Labute approximate surface area is 201 Å². The van der Waals surface area contributed by atoms with Crippen LogP contribution >= 0.6 is 0 Å². The molecule has 1 aliphatic rings. The molecule has 6 nitrogen and oxygen atoms in total. The lowest BCUT2D eigenvalue weighted by Crippen LogP contribution is -2.37. The summed E-state index contributed by atoms with van der Waals surface area (Å²) < 4.78 is 0. The second-order valence-electron chi connectivity index (χ2n) is 9.34. The van der Waals surface area contributed by atoms with Gasteiger partial charge in [-0.2, -0.15) is 0 Å². The largest absolute Gasteiger partial charge is 0.358 e. The molecule has 0 amide bonds. The number of hydrogen-bond donors (Lipinski definition) is 4. The number of fused-ring (bicyclic) bond motifs is 1. The fourth-order valence-electron chi connectivity index (χ4n) is 3.67. The van der Waals surface area contributed by atoms with E-state index in [1.54, 1.807) is 0 Å². The number of aryl methyl sites for hydroxylation is 2. The van der Waals surface area contributed by atoms with Crippen LogP contribution in [0.25, 0.3) is 12.2 Å². The van der Waals surface area contributed by atoms with Crippen molar-refractivity contribution in [3.63, 3.8) is 0 Å². The van der Waals surface area contributed by atoms with E-state index in [0.717, 1.165) is 58.3 Å². The van der Waals surface area contributed by atoms with Crippen molar-refractivity contribution >= 4 is 40.8 Å². The Hall–Kier alpha value is -3.64. The van der Waals surface area contributed by atoms with E-state index < -0.39 is 5.54 Å². The van der Waals surface area contributed by atoms with Gasteiger partial charge in [-0.05, 0) is 75.4 Å². The van der Waals surface area contributed by atoms with Crippen LogP contribution in [-0.4, -0.2) is 15.5 Å². The van der Waals surface area contributed by atoms with E-state index in [1.165, 1.54) is 5.56 Å². The lowest BCUT2D eigenvalue weighted by Gasteiger charge is -2.23. The van der Waals surface area contributed by atoms with Gasteiger partial charge in [0.1, 0.15) is 0 Å². The van der Waals surface area contributed by atoms with Crippen LogP contribution in [0.5, 0.6) is 0 Å². The predicted molar refractivity (Wildman–Crippen MR) is 144 cm³/mol. The van der Waals surface area contributed by atoms with E-state index in [-0.39, 0.29) is 0 Å². The molecule has 0 fully saturated rings. The SMILES string of the molecule is C=C(Nc1cccc(Nc2nc3c(nc2Nc2cc(CC)ccc2C)=CCCC=3)c1)C(C)(C)N. The zero-order chi connectivity index (χ0) is 24.3. The van der Waals surface area contributed by atoms with E-state index in [0.29, 0.717) is 11.6 Å². The van der Waals surface area contributed by atoms with Crippen molar-refractivity contribution < 1.29 is 0 Å². The Kier molecular flexibility index (Phi) is 6.70. The smallest absolute Gasteiger partial charge is 0.174 e. The Bertz CT molecular complexity index is 1330. The van der Waals surface area contributed by atoms with Crippen LogP contribution in [0, 0.1) is 6.92 Å². The van der Waals surface area contributed by atoms with Crippen molar-refractivity contribution in [2.75, 3.05) is 16.0 Å². The highest BCUT2D eigenvalue weighted by atomic mass is 15.1. The van der Waals surface area contributed by atoms with Gasteiger partial charge in [0, 0.05) is 28.3 Å². The van der Waals surface area contributed by atoms with Crippen molar-refractivity contribution in [3.05, 3.63) is 76.6 Å². The molecule has 1 aromatic heterocycles. The van der Waals surface area contributed by atoms with Gasteiger partial charge >= 0.3 is 0 Å². The molecule has 0 aliphatic heterocycles. The first-order chi connectivity index (χ1) is 16.2. The number of nitrogens with two attached hydrogens (primary N) is 1. The molecule has 0 radical (unpaired) electrons. The minimum Gasteiger partial charge on any atom is -0.358 e. The molecule has 1 aliphatic carbocycles. The van der Waals surface area contributed by atoms with E-state index in [1.807, 2.05) is 38.1 Å². The van der Waals surface area contributed by atoms with Crippen LogP contribution in [0.15, 0.2) is 54.7 Å². The molecule has 0 saturated carbocycles. The van der Waals surface area contributed by atoms with E-state index >= 15 is 0 Å². The molecule has 1 heterocycles. The predicted octanol–water partition coefficient (Wildman–Crippen LogP) is 4.85. The van der Waals surface area contributed by atoms with Crippen molar-refractivity contribution in [3.8, 4) is 0 Å². The monoisotopic (exact) mass is 454 g/mol. The summed E-state index contributed by atoms with van der Waals surface area (Å²) in [5.74, 6) is 1.38. The number of anilines is 5. The van der Waals surface area contributed by atoms with Crippen LogP contribution in [0.3, 0.4) is 0 Å². The van der Waals surface area contributed by atoms with E-state index in [9.17, 15) is 0 Å². The fraction of sp³-hybridized carbons (Fsp3) is 0.286. The van der Waals surface area contributed by atoms with Crippen LogP contribution in [0.2, 0.25) is 0 Å². The van der Waals surface area contributed by atoms with Gasteiger partial charge in [-0.3, -0.25) is 0 Å².